The lowest BCUT2D eigenvalue weighted by molar-refractivity contribution is -0.135. The average Bonchev–Trinajstić information content (AvgIpc) is 3.43. The Kier molecular flexibility index (Phi) is 7.07. The van der Waals surface area contributed by atoms with E-state index in [0.29, 0.717) is 38.2 Å². The number of nitrogens with one attached hydrogen (secondary N) is 1. The Hall–Kier alpha value is -3.67. The SMILES string of the molecule is O=C1NCCN(C(=O)C2CCCC2)CCOc2ccc(-c3ccncc3)cc2Cc2cccc1c2. The molecule has 1 N–H and O–H groups in total. The van der Waals surface area contributed by atoms with Crippen LogP contribution < -0.4 is 10.1 Å². The number of nitrogens with zero attached hydrogens (tertiary/aromatic N) is 2. The molecule has 0 radical (unpaired) electrons. The van der Waals surface area contributed by atoms with E-state index in [-0.39, 0.29) is 17.7 Å². The van der Waals surface area contributed by atoms with Gasteiger partial charge in [-0.05, 0) is 71.5 Å². The van der Waals surface area contributed by atoms with Crippen molar-refractivity contribution in [3.63, 3.8) is 0 Å². The number of hydrogen-bond acceptors (Lipinski definition) is 4. The van der Waals surface area contributed by atoms with Crippen molar-refractivity contribution in [2.75, 3.05) is 26.2 Å². The number of benzene rings is 2. The third kappa shape index (κ3) is 5.53. The number of hydrogen-bond donors (Lipinski definition) is 1. The van der Waals surface area contributed by atoms with Crippen LogP contribution in [0.4, 0.5) is 0 Å². The van der Waals surface area contributed by atoms with Gasteiger partial charge >= 0.3 is 0 Å². The maximum Gasteiger partial charge on any atom is 0.251 e. The van der Waals surface area contributed by atoms with Crippen LogP contribution in [-0.2, 0) is 11.2 Å². The highest BCUT2D eigenvalue weighted by Crippen LogP contribution is 2.29. The predicted octanol–water partition coefficient (Wildman–Crippen LogP) is 4.48. The van der Waals surface area contributed by atoms with Gasteiger partial charge in [-0.3, -0.25) is 14.6 Å². The minimum absolute atomic E-state index is 0.0940. The molecule has 6 heteroatoms. The highest BCUT2D eigenvalue weighted by Gasteiger charge is 2.27. The predicted molar refractivity (Wildman–Crippen MR) is 135 cm³/mol. The largest absolute Gasteiger partial charge is 0.491 e. The van der Waals surface area contributed by atoms with Crippen molar-refractivity contribution in [2.45, 2.75) is 32.1 Å². The van der Waals surface area contributed by atoms with Gasteiger partial charge in [-0.2, -0.15) is 0 Å². The summed E-state index contributed by atoms with van der Waals surface area (Å²) < 4.78 is 6.27. The molecular weight excluding hydrogens is 438 g/mol. The molecule has 0 saturated heterocycles. The number of ether oxygens (including phenoxy) is 1. The Balaban J connectivity index is 1.45. The lowest BCUT2D eigenvalue weighted by Crippen LogP contribution is -2.43. The van der Waals surface area contributed by atoms with E-state index in [2.05, 4.69) is 22.4 Å². The molecule has 1 saturated carbocycles. The molecule has 1 fully saturated rings. The lowest BCUT2D eigenvalue weighted by Gasteiger charge is -2.26. The van der Waals surface area contributed by atoms with Crippen LogP contribution >= 0.6 is 0 Å². The second-order valence-corrected chi connectivity index (χ2v) is 9.35. The lowest BCUT2D eigenvalue weighted by atomic mass is 9.97. The van der Waals surface area contributed by atoms with Crippen molar-refractivity contribution >= 4 is 11.8 Å². The minimum Gasteiger partial charge on any atom is -0.491 e. The average molecular weight is 470 g/mol. The molecule has 3 aromatic rings. The quantitative estimate of drug-likeness (QED) is 0.601. The van der Waals surface area contributed by atoms with Gasteiger partial charge in [0, 0.05) is 43.4 Å². The number of fused-ring (bicyclic) bond motifs is 3. The number of rotatable bonds is 2. The zero-order valence-electron chi connectivity index (χ0n) is 19.9. The zero-order chi connectivity index (χ0) is 24.0. The first-order valence-corrected chi connectivity index (χ1v) is 12.5. The molecule has 35 heavy (non-hydrogen) atoms. The maximum atomic E-state index is 13.2. The standard InChI is InChI=1S/C29H31N3O3/c33-28-25-7-3-4-21(18-25)19-26-20-24(22-10-12-30-13-11-22)8-9-27(26)35-17-16-32(15-14-31-28)29(34)23-5-1-2-6-23/h3-4,7-13,18,20,23H,1-2,5-6,14-17,19H2,(H,31,33). The van der Waals surface area contributed by atoms with Crippen LogP contribution in [0.15, 0.2) is 67.0 Å². The van der Waals surface area contributed by atoms with E-state index in [1.807, 2.05) is 47.4 Å². The van der Waals surface area contributed by atoms with E-state index in [1.54, 1.807) is 12.4 Å². The number of carbonyl (C=O) groups is 2. The highest BCUT2D eigenvalue weighted by molar-refractivity contribution is 5.94. The van der Waals surface area contributed by atoms with Crippen LogP contribution in [0.2, 0.25) is 0 Å². The van der Waals surface area contributed by atoms with Crippen molar-refractivity contribution in [3.05, 3.63) is 83.7 Å². The topological polar surface area (TPSA) is 71.5 Å². The van der Waals surface area contributed by atoms with Crippen LogP contribution in [-0.4, -0.2) is 47.9 Å². The van der Waals surface area contributed by atoms with Gasteiger partial charge in [0.15, 0.2) is 0 Å². The second-order valence-electron chi connectivity index (χ2n) is 9.35. The summed E-state index contributed by atoms with van der Waals surface area (Å²) in [6.07, 6.45) is 8.35. The third-order valence-corrected chi connectivity index (χ3v) is 6.96. The second kappa shape index (κ2) is 10.7. The molecule has 2 bridgehead atoms. The van der Waals surface area contributed by atoms with E-state index in [4.69, 9.17) is 4.74 Å². The summed E-state index contributed by atoms with van der Waals surface area (Å²) in [4.78, 5) is 32.0. The van der Waals surface area contributed by atoms with Crippen LogP contribution in [0.1, 0.15) is 47.2 Å². The van der Waals surface area contributed by atoms with Gasteiger partial charge in [0.1, 0.15) is 12.4 Å². The van der Waals surface area contributed by atoms with Gasteiger partial charge in [0.05, 0.1) is 6.54 Å². The molecule has 2 aromatic carbocycles. The summed E-state index contributed by atoms with van der Waals surface area (Å²) in [5, 5.41) is 2.99. The molecule has 2 aliphatic rings. The van der Waals surface area contributed by atoms with Crippen LogP contribution in [0.25, 0.3) is 11.1 Å². The highest BCUT2D eigenvalue weighted by atomic mass is 16.5. The first-order valence-electron chi connectivity index (χ1n) is 12.5. The summed E-state index contributed by atoms with van der Waals surface area (Å²) in [6.45, 7) is 1.82. The summed E-state index contributed by atoms with van der Waals surface area (Å²) in [6, 6.07) is 17.9. The van der Waals surface area contributed by atoms with Gasteiger partial charge in [0.2, 0.25) is 5.91 Å². The normalized spacial score (nSPS) is 17.1. The van der Waals surface area contributed by atoms with Gasteiger partial charge in [0.25, 0.3) is 5.91 Å². The first kappa shape index (κ1) is 23.1. The molecule has 0 spiro atoms. The maximum absolute atomic E-state index is 13.2. The van der Waals surface area contributed by atoms with E-state index in [1.165, 1.54) is 0 Å². The number of aromatic nitrogens is 1. The van der Waals surface area contributed by atoms with Crippen molar-refractivity contribution in [2.24, 2.45) is 5.92 Å². The van der Waals surface area contributed by atoms with Crippen LogP contribution in [0.5, 0.6) is 5.75 Å². The Morgan fingerprint density at radius 3 is 2.60 bits per heavy atom. The zero-order valence-corrected chi connectivity index (χ0v) is 19.9. The molecule has 1 aliphatic heterocycles. The molecule has 6 nitrogen and oxygen atoms in total. The fourth-order valence-corrected chi connectivity index (χ4v) is 5.06. The van der Waals surface area contributed by atoms with Crippen molar-refractivity contribution in [1.29, 1.82) is 0 Å². The van der Waals surface area contributed by atoms with E-state index in [9.17, 15) is 9.59 Å². The Morgan fingerprint density at radius 1 is 0.943 bits per heavy atom. The Morgan fingerprint density at radius 2 is 1.77 bits per heavy atom. The van der Waals surface area contributed by atoms with Gasteiger partial charge in [-0.15, -0.1) is 0 Å². The van der Waals surface area contributed by atoms with E-state index >= 15 is 0 Å². The number of pyridine rings is 1. The van der Waals surface area contributed by atoms with Crippen LogP contribution in [0.3, 0.4) is 0 Å². The van der Waals surface area contributed by atoms with Gasteiger partial charge in [-0.1, -0.05) is 31.0 Å². The summed E-state index contributed by atoms with van der Waals surface area (Å²) >= 11 is 0. The van der Waals surface area contributed by atoms with Gasteiger partial charge in [-0.25, -0.2) is 0 Å². The molecule has 1 aromatic heterocycles. The smallest absolute Gasteiger partial charge is 0.251 e. The molecule has 0 atom stereocenters. The summed E-state index contributed by atoms with van der Waals surface area (Å²) in [5.74, 6) is 0.973. The number of amides is 2. The minimum atomic E-state index is -0.112. The third-order valence-electron chi connectivity index (χ3n) is 6.96. The fourth-order valence-electron chi connectivity index (χ4n) is 5.06. The molecule has 1 aliphatic carbocycles. The Bertz CT molecular complexity index is 1190. The molecular formula is C29H31N3O3. The van der Waals surface area contributed by atoms with Crippen molar-refractivity contribution < 1.29 is 14.3 Å². The van der Waals surface area contributed by atoms with Crippen LogP contribution in [0, 0.1) is 5.92 Å². The van der Waals surface area contributed by atoms with Crippen molar-refractivity contribution in [1.82, 2.24) is 15.2 Å². The van der Waals surface area contributed by atoms with E-state index < -0.39 is 0 Å². The summed E-state index contributed by atoms with van der Waals surface area (Å²) in [7, 11) is 0. The molecule has 180 valence electrons. The summed E-state index contributed by atoms with van der Waals surface area (Å²) in [5.41, 5.74) is 4.89. The number of carbonyl (C=O) groups excluding carboxylic acids is 2. The monoisotopic (exact) mass is 469 g/mol. The fraction of sp³-hybridized carbons (Fsp3) is 0.345. The molecule has 0 unspecified atom stereocenters. The molecule has 2 heterocycles. The van der Waals surface area contributed by atoms with E-state index in [0.717, 1.165) is 53.7 Å². The van der Waals surface area contributed by atoms with Gasteiger partial charge < -0.3 is 15.0 Å². The first-order chi connectivity index (χ1) is 17.2. The Labute approximate surface area is 206 Å². The molecule has 2 amide bonds. The molecule has 5 rings (SSSR count). The van der Waals surface area contributed by atoms with Crippen molar-refractivity contribution in [3.8, 4) is 16.9 Å².